The van der Waals surface area contributed by atoms with E-state index in [0.29, 0.717) is 5.95 Å². The first-order chi connectivity index (χ1) is 7.61. The van der Waals surface area contributed by atoms with Gasteiger partial charge in [0, 0.05) is 5.56 Å². The number of aryl methyl sites for hydroxylation is 2. The molecule has 4 heteroatoms. The van der Waals surface area contributed by atoms with Gasteiger partial charge in [-0.15, -0.1) is 0 Å². The Morgan fingerprint density at radius 1 is 1.31 bits per heavy atom. The summed E-state index contributed by atoms with van der Waals surface area (Å²) in [6.07, 6.45) is 1.71. The Morgan fingerprint density at radius 3 is 2.62 bits per heavy atom. The number of ether oxygens (including phenoxy) is 1. The zero-order chi connectivity index (χ0) is 11.7. The summed E-state index contributed by atoms with van der Waals surface area (Å²) in [5.74, 6) is 1.27. The minimum absolute atomic E-state index is 0.413. The second kappa shape index (κ2) is 3.89. The molecule has 16 heavy (non-hydrogen) atoms. The van der Waals surface area contributed by atoms with E-state index in [4.69, 9.17) is 10.5 Å². The number of hydrogen-bond donors (Lipinski definition) is 2. The number of H-pyrrole nitrogens is 1. The zero-order valence-electron chi connectivity index (χ0n) is 9.66. The minimum atomic E-state index is 0.413. The third-order valence-corrected chi connectivity index (χ3v) is 2.51. The fraction of sp³-hybridized carbons (Fsp3) is 0.250. The van der Waals surface area contributed by atoms with Crippen molar-refractivity contribution in [3.63, 3.8) is 0 Å². The molecular weight excluding hydrogens is 202 g/mol. The molecule has 0 amide bonds. The van der Waals surface area contributed by atoms with Crippen molar-refractivity contribution in [2.45, 2.75) is 13.8 Å². The van der Waals surface area contributed by atoms with Crippen molar-refractivity contribution in [1.29, 1.82) is 0 Å². The van der Waals surface area contributed by atoms with Crippen molar-refractivity contribution >= 4 is 5.95 Å². The predicted octanol–water partition coefficient (Wildman–Crippen LogP) is 2.28. The molecular formula is C12H15N3O. The maximum Gasteiger partial charge on any atom is 0.197 e. The number of benzene rings is 1. The summed E-state index contributed by atoms with van der Waals surface area (Å²) in [5, 5.41) is 0. The summed E-state index contributed by atoms with van der Waals surface area (Å²) in [4.78, 5) is 7.00. The molecule has 0 spiro atoms. The van der Waals surface area contributed by atoms with Crippen molar-refractivity contribution in [3.05, 3.63) is 29.5 Å². The number of nitrogens with zero attached hydrogens (tertiary/aromatic N) is 1. The number of rotatable bonds is 2. The van der Waals surface area contributed by atoms with E-state index < -0.39 is 0 Å². The summed E-state index contributed by atoms with van der Waals surface area (Å²) in [6.45, 7) is 4.07. The van der Waals surface area contributed by atoms with Crippen LogP contribution in [-0.4, -0.2) is 17.1 Å². The summed E-state index contributed by atoms with van der Waals surface area (Å²) in [7, 11) is 1.67. The number of aromatic amines is 1. The highest BCUT2D eigenvalue weighted by Crippen LogP contribution is 2.33. The number of hydrogen-bond acceptors (Lipinski definition) is 3. The molecule has 0 aliphatic heterocycles. The van der Waals surface area contributed by atoms with Gasteiger partial charge >= 0.3 is 0 Å². The lowest BCUT2D eigenvalue weighted by Gasteiger charge is -2.11. The van der Waals surface area contributed by atoms with E-state index in [1.807, 2.05) is 6.92 Å². The number of nitrogens with one attached hydrogen (secondary N) is 1. The average molecular weight is 217 g/mol. The Morgan fingerprint density at radius 2 is 2.06 bits per heavy atom. The van der Waals surface area contributed by atoms with Crippen LogP contribution in [0.1, 0.15) is 11.1 Å². The maximum atomic E-state index is 5.58. The van der Waals surface area contributed by atoms with Gasteiger partial charge in [0.15, 0.2) is 5.95 Å². The quantitative estimate of drug-likeness (QED) is 0.811. The summed E-state index contributed by atoms with van der Waals surface area (Å²) in [5.41, 5.74) is 9.73. The van der Waals surface area contributed by atoms with Crippen LogP contribution in [0.5, 0.6) is 5.75 Å². The lowest BCUT2D eigenvalue weighted by molar-refractivity contribution is 0.413. The minimum Gasteiger partial charge on any atom is -0.496 e. The molecule has 0 saturated heterocycles. The van der Waals surface area contributed by atoms with Gasteiger partial charge in [0.25, 0.3) is 0 Å². The number of nitrogen functional groups attached to an aromatic ring is 1. The average Bonchev–Trinajstić information content (AvgIpc) is 2.63. The first-order valence-electron chi connectivity index (χ1n) is 5.08. The van der Waals surface area contributed by atoms with Crippen LogP contribution in [0.4, 0.5) is 5.95 Å². The van der Waals surface area contributed by atoms with Gasteiger partial charge in [0.05, 0.1) is 19.0 Å². The summed E-state index contributed by atoms with van der Waals surface area (Å²) < 4.78 is 5.41. The maximum absolute atomic E-state index is 5.58. The Bertz CT molecular complexity index is 517. The van der Waals surface area contributed by atoms with Gasteiger partial charge in [-0.05, 0) is 31.0 Å². The highest BCUT2D eigenvalue weighted by Gasteiger charge is 2.11. The monoisotopic (exact) mass is 217 g/mol. The third-order valence-electron chi connectivity index (χ3n) is 2.51. The molecule has 2 rings (SSSR count). The van der Waals surface area contributed by atoms with Crippen LogP contribution in [0, 0.1) is 13.8 Å². The molecule has 0 radical (unpaired) electrons. The predicted molar refractivity (Wildman–Crippen MR) is 64.5 cm³/mol. The number of nitrogens with two attached hydrogens (primary N) is 1. The third kappa shape index (κ3) is 1.74. The smallest absolute Gasteiger partial charge is 0.197 e. The van der Waals surface area contributed by atoms with Crippen LogP contribution >= 0.6 is 0 Å². The second-order valence-corrected chi connectivity index (χ2v) is 3.84. The lowest BCUT2D eigenvalue weighted by atomic mass is 10.0. The molecule has 0 fully saturated rings. The van der Waals surface area contributed by atoms with Crippen LogP contribution < -0.4 is 10.5 Å². The molecule has 4 nitrogen and oxygen atoms in total. The van der Waals surface area contributed by atoms with E-state index in [-0.39, 0.29) is 0 Å². The van der Waals surface area contributed by atoms with E-state index in [1.54, 1.807) is 13.3 Å². The molecule has 0 aliphatic rings. The van der Waals surface area contributed by atoms with E-state index >= 15 is 0 Å². The van der Waals surface area contributed by atoms with Gasteiger partial charge in [0.1, 0.15) is 5.75 Å². The Labute approximate surface area is 94.5 Å². The molecule has 1 aromatic heterocycles. The summed E-state index contributed by atoms with van der Waals surface area (Å²) in [6, 6.07) is 4.14. The fourth-order valence-electron chi connectivity index (χ4n) is 1.90. The molecule has 84 valence electrons. The van der Waals surface area contributed by atoms with Gasteiger partial charge in [-0.3, -0.25) is 0 Å². The molecule has 0 aliphatic carbocycles. The lowest BCUT2D eigenvalue weighted by Crippen LogP contribution is -1.93. The zero-order valence-corrected chi connectivity index (χ0v) is 9.66. The Kier molecular flexibility index (Phi) is 2.56. The number of methoxy groups -OCH3 is 1. The first-order valence-corrected chi connectivity index (χ1v) is 5.08. The van der Waals surface area contributed by atoms with E-state index in [1.165, 1.54) is 5.56 Å². The van der Waals surface area contributed by atoms with Crippen LogP contribution in [-0.2, 0) is 0 Å². The van der Waals surface area contributed by atoms with Crippen LogP contribution in [0.2, 0.25) is 0 Å². The van der Waals surface area contributed by atoms with Gasteiger partial charge in [-0.25, -0.2) is 4.98 Å². The van der Waals surface area contributed by atoms with Gasteiger partial charge in [-0.1, -0.05) is 6.07 Å². The molecule has 2 aromatic rings. The molecule has 0 bridgehead atoms. The fourth-order valence-corrected chi connectivity index (χ4v) is 1.90. The molecule has 3 N–H and O–H groups in total. The van der Waals surface area contributed by atoms with Crippen molar-refractivity contribution in [1.82, 2.24) is 9.97 Å². The van der Waals surface area contributed by atoms with Crippen LogP contribution in [0.25, 0.3) is 11.3 Å². The normalized spacial score (nSPS) is 10.4. The molecule has 0 unspecified atom stereocenters. The number of anilines is 1. The van der Waals surface area contributed by atoms with E-state index in [9.17, 15) is 0 Å². The van der Waals surface area contributed by atoms with E-state index in [0.717, 1.165) is 22.6 Å². The van der Waals surface area contributed by atoms with Gasteiger partial charge in [0.2, 0.25) is 0 Å². The van der Waals surface area contributed by atoms with Crippen LogP contribution in [0.15, 0.2) is 18.3 Å². The Balaban J connectivity index is 2.63. The highest BCUT2D eigenvalue weighted by molar-refractivity contribution is 5.70. The van der Waals surface area contributed by atoms with Crippen molar-refractivity contribution < 1.29 is 4.74 Å². The SMILES string of the molecule is COc1c(C)cc(C)cc1-c1cnc(N)[nH]1. The van der Waals surface area contributed by atoms with E-state index in [2.05, 4.69) is 29.0 Å². The van der Waals surface area contributed by atoms with Crippen molar-refractivity contribution in [2.24, 2.45) is 0 Å². The standard InChI is InChI=1S/C12H15N3O/c1-7-4-8(2)11(16-3)9(5-7)10-6-14-12(13)15-10/h4-6H,1-3H3,(H3,13,14,15). The number of aromatic nitrogens is 2. The summed E-state index contributed by atoms with van der Waals surface area (Å²) >= 11 is 0. The van der Waals surface area contributed by atoms with Crippen molar-refractivity contribution in [2.75, 3.05) is 12.8 Å². The molecule has 1 heterocycles. The molecule has 0 atom stereocenters. The van der Waals surface area contributed by atoms with Gasteiger partial charge in [-0.2, -0.15) is 0 Å². The topological polar surface area (TPSA) is 63.9 Å². The van der Waals surface area contributed by atoms with Gasteiger partial charge < -0.3 is 15.5 Å². The van der Waals surface area contributed by atoms with Crippen molar-refractivity contribution in [3.8, 4) is 17.0 Å². The van der Waals surface area contributed by atoms with Crippen LogP contribution in [0.3, 0.4) is 0 Å². The Hall–Kier alpha value is -1.97. The second-order valence-electron chi connectivity index (χ2n) is 3.84. The molecule has 1 aromatic carbocycles. The largest absolute Gasteiger partial charge is 0.496 e. The molecule has 0 saturated carbocycles. The first kappa shape index (κ1) is 10.5. The number of imidazole rings is 1. The highest BCUT2D eigenvalue weighted by atomic mass is 16.5.